The van der Waals surface area contributed by atoms with Crippen molar-refractivity contribution in [2.24, 2.45) is 0 Å². The predicted molar refractivity (Wildman–Crippen MR) is 78.7 cm³/mol. The highest BCUT2D eigenvalue weighted by Gasteiger charge is 2.21. The third-order valence-corrected chi connectivity index (χ3v) is 4.19. The number of rotatable bonds is 5. The van der Waals surface area contributed by atoms with Crippen LogP contribution in [-0.2, 0) is 0 Å². The SMILES string of the molecule is CN1CCC(N(C)CCN(C)C(=O)c2cn[nH]c2)CC1. The minimum atomic E-state index is 0.0236. The van der Waals surface area contributed by atoms with Gasteiger partial charge >= 0.3 is 0 Å². The summed E-state index contributed by atoms with van der Waals surface area (Å²) in [6.45, 7) is 3.99. The lowest BCUT2D eigenvalue weighted by molar-refractivity contribution is 0.0758. The van der Waals surface area contributed by atoms with Gasteiger partial charge in [-0.15, -0.1) is 0 Å². The van der Waals surface area contributed by atoms with E-state index in [-0.39, 0.29) is 5.91 Å². The number of nitrogens with zero attached hydrogens (tertiary/aromatic N) is 4. The Hall–Kier alpha value is -1.40. The number of likely N-dealkylation sites (N-methyl/N-ethyl adjacent to an activating group) is 2. The van der Waals surface area contributed by atoms with Crippen LogP contribution in [0, 0.1) is 0 Å². The molecule has 6 nitrogen and oxygen atoms in total. The normalized spacial score (nSPS) is 17.6. The molecule has 2 heterocycles. The van der Waals surface area contributed by atoms with Gasteiger partial charge in [0.1, 0.15) is 0 Å². The van der Waals surface area contributed by atoms with Gasteiger partial charge < -0.3 is 14.7 Å². The van der Waals surface area contributed by atoms with Gasteiger partial charge in [-0.3, -0.25) is 9.89 Å². The van der Waals surface area contributed by atoms with Crippen molar-refractivity contribution in [1.29, 1.82) is 0 Å². The van der Waals surface area contributed by atoms with Crippen molar-refractivity contribution >= 4 is 5.91 Å². The second-order valence-corrected chi connectivity index (χ2v) is 5.73. The van der Waals surface area contributed by atoms with Crippen LogP contribution in [0.1, 0.15) is 23.2 Å². The van der Waals surface area contributed by atoms with E-state index in [1.54, 1.807) is 17.3 Å². The van der Waals surface area contributed by atoms with Crippen molar-refractivity contribution < 1.29 is 4.79 Å². The molecular formula is C14H25N5O. The van der Waals surface area contributed by atoms with Crippen molar-refractivity contribution in [3.05, 3.63) is 18.0 Å². The van der Waals surface area contributed by atoms with Crippen LogP contribution >= 0.6 is 0 Å². The zero-order valence-electron chi connectivity index (χ0n) is 12.7. The third kappa shape index (κ3) is 3.80. The molecular weight excluding hydrogens is 254 g/mol. The summed E-state index contributed by atoms with van der Waals surface area (Å²) >= 11 is 0. The number of carbonyl (C=O) groups excluding carboxylic acids is 1. The number of hydrogen-bond donors (Lipinski definition) is 1. The maximum absolute atomic E-state index is 12.1. The highest BCUT2D eigenvalue weighted by molar-refractivity contribution is 5.93. The number of aromatic nitrogens is 2. The van der Waals surface area contributed by atoms with E-state index in [1.807, 2.05) is 7.05 Å². The molecule has 6 heteroatoms. The van der Waals surface area contributed by atoms with E-state index in [2.05, 4.69) is 34.1 Å². The first-order valence-corrected chi connectivity index (χ1v) is 7.21. The molecule has 1 amide bonds. The second-order valence-electron chi connectivity index (χ2n) is 5.73. The monoisotopic (exact) mass is 279 g/mol. The molecule has 2 rings (SSSR count). The molecule has 1 aromatic heterocycles. The highest BCUT2D eigenvalue weighted by Crippen LogP contribution is 2.13. The number of carbonyl (C=O) groups is 1. The summed E-state index contributed by atoms with van der Waals surface area (Å²) in [7, 11) is 6.18. The molecule has 112 valence electrons. The van der Waals surface area contributed by atoms with Crippen LogP contribution in [0.4, 0.5) is 0 Å². The summed E-state index contributed by atoms with van der Waals surface area (Å²) in [6.07, 6.45) is 5.64. The van der Waals surface area contributed by atoms with Crippen LogP contribution in [-0.4, -0.2) is 84.2 Å². The number of aromatic amines is 1. The van der Waals surface area contributed by atoms with E-state index in [0.29, 0.717) is 11.6 Å². The molecule has 1 fully saturated rings. The molecule has 0 aliphatic carbocycles. The minimum absolute atomic E-state index is 0.0236. The molecule has 20 heavy (non-hydrogen) atoms. The van der Waals surface area contributed by atoms with E-state index >= 15 is 0 Å². The number of H-pyrrole nitrogens is 1. The molecule has 0 bridgehead atoms. The molecule has 0 atom stereocenters. The molecule has 0 radical (unpaired) electrons. The summed E-state index contributed by atoms with van der Waals surface area (Å²) < 4.78 is 0. The minimum Gasteiger partial charge on any atom is -0.340 e. The zero-order valence-corrected chi connectivity index (χ0v) is 12.7. The van der Waals surface area contributed by atoms with Crippen molar-refractivity contribution in [1.82, 2.24) is 24.9 Å². The molecule has 0 unspecified atom stereocenters. The molecule has 1 N–H and O–H groups in total. The lowest BCUT2D eigenvalue weighted by atomic mass is 10.0. The summed E-state index contributed by atoms with van der Waals surface area (Å²) in [5, 5.41) is 6.49. The van der Waals surface area contributed by atoms with E-state index in [4.69, 9.17) is 0 Å². The van der Waals surface area contributed by atoms with Gasteiger partial charge in [-0.05, 0) is 40.0 Å². The first-order valence-electron chi connectivity index (χ1n) is 7.21. The maximum Gasteiger partial charge on any atom is 0.256 e. The molecule has 0 saturated carbocycles. The first kappa shape index (κ1) is 15.0. The Morgan fingerprint density at radius 1 is 1.40 bits per heavy atom. The van der Waals surface area contributed by atoms with E-state index < -0.39 is 0 Å². The van der Waals surface area contributed by atoms with Gasteiger partial charge in [0.15, 0.2) is 0 Å². The first-order chi connectivity index (χ1) is 9.58. The highest BCUT2D eigenvalue weighted by atomic mass is 16.2. The van der Waals surface area contributed by atoms with Gasteiger partial charge in [-0.25, -0.2) is 0 Å². The molecule has 1 aliphatic heterocycles. The van der Waals surface area contributed by atoms with Gasteiger partial charge in [0.25, 0.3) is 5.91 Å². The lowest BCUT2D eigenvalue weighted by Crippen LogP contribution is -2.44. The third-order valence-electron chi connectivity index (χ3n) is 4.19. The van der Waals surface area contributed by atoms with Crippen LogP contribution in [0.5, 0.6) is 0 Å². The summed E-state index contributed by atoms with van der Waals surface area (Å²) in [5.74, 6) is 0.0236. The second kappa shape index (κ2) is 6.85. The number of nitrogens with one attached hydrogen (secondary N) is 1. The number of hydrogen-bond acceptors (Lipinski definition) is 4. The fraction of sp³-hybridized carbons (Fsp3) is 0.714. The Labute approximate surface area is 120 Å². The average molecular weight is 279 g/mol. The van der Waals surface area contributed by atoms with Crippen LogP contribution < -0.4 is 0 Å². The van der Waals surface area contributed by atoms with Crippen molar-refractivity contribution in [2.75, 3.05) is 47.3 Å². The van der Waals surface area contributed by atoms with Crippen LogP contribution in [0.15, 0.2) is 12.4 Å². The molecule has 1 aromatic rings. The van der Waals surface area contributed by atoms with Gasteiger partial charge in [-0.2, -0.15) is 5.10 Å². The quantitative estimate of drug-likeness (QED) is 0.853. The maximum atomic E-state index is 12.1. The number of likely N-dealkylation sites (tertiary alicyclic amines) is 1. The Bertz CT molecular complexity index is 411. The number of piperidine rings is 1. The topological polar surface area (TPSA) is 55.5 Å². The van der Waals surface area contributed by atoms with Gasteiger partial charge in [-0.1, -0.05) is 0 Å². The Balaban J connectivity index is 1.75. The standard InChI is InChI=1S/C14H25N5O/c1-17-6-4-13(5-7-17)18(2)8-9-19(3)14(20)12-10-15-16-11-12/h10-11,13H,4-9H2,1-3H3,(H,15,16). The fourth-order valence-corrected chi connectivity index (χ4v) is 2.62. The van der Waals surface area contributed by atoms with Crippen molar-refractivity contribution in [3.63, 3.8) is 0 Å². The molecule has 1 aliphatic rings. The summed E-state index contributed by atoms with van der Waals surface area (Å²) in [4.78, 5) is 18.6. The lowest BCUT2D eigenvalue weighted by Gasteiger charge is -2.35. The zero-order chi connectivity index (χ0) is 14.5. The largest absolute Gasteiger partial charge is 0.340 e. The Kier molecular flexibility index (Phi) is 5.14. The molecule has 0 spiro atoms. The predicted octanol–water partition coefficient (Wildman–Crippen LogP) is 0.508. The van der Waals surface area contributed by atoms with Crippen LogP contribution in [0.2, 0.25) is 0 Å². The van der Waals surface area contributed by atoms with Crippen LogP contribution in [0.3, 0.4) is 0 Å². The Morgan fingerprint density at radius 3 is 2.70 bits per heavy atom. The van der Waals surface area contributed by atoms with E-state index in [9.17, 15) is 4.79 Å². The van der Waals surface area contributed by atoms with Crippen molar-refractivity contribution in [3.8, 4) is 0 Å². The van der Waals surface area contributed by atoms with Gasteiger partial charge in [0.05, 0.1) is 11.8 Å². The smallest absolute Gasteiger partial charge is 0.256 e. The summed E-state index contributed by atoms with van der Waals surface area (Å²) in [6, 6.07) is 0.642. The molecule has 1 saturated heterocycles. The van der Waals surface area contributed by atoms with E-state index in [0.717, 1.165) is 13.1 Å². The average Bonchev–Trinajstić information content (AvgIpc) is 2.98. The molecule has 0 aromatic carbocycles. The number of amides is 1. The van der Waals surface area contributed by atoms with Gasteiger partial charge in [0.2, 0.25) is 0 Å². The fourth-order valence-electron chi connectivity index (χ4n) is 2.62. The van der Waals surface area contributed by atoms with Gasteiger partial charge in [0, 0.05) is 32.4 Å². The van der Waals surface area contributed by atoms with Crippen molar-refractivity contribution in [2.45, 2.75) is 18.9 Å². The van der Waals surface area contributed by atoms with E-state index in [1.165, 1.54) is 25.9 Å². The Morgan fingerprint density at radius 2 is 2.10 bits per heavy atom. The van der Waals surface area contributed by atoms with Crippen LogP contribution in [0.25, 0.3) is 0 Å². The summed E-state index contributed by atoms with van der Waals surface area (Å²) in [5.41, 5.74) is 0.620.